The van der Waals surface area contributed by atoms with Crippen LogP contribution in [-0.2, 0) is 6.42 Å². The lowest BCUT2D eigenvalue weighted by atomic mass is 9.89. The molecular formula is C17H25ClN2O. The van der Waals surface area contributed by atoms with Crippen molar-refractivity contribution in [2.24, 2.45) is 11.1 Å². The largest absolute Gasteiger partial charge is 0.493 e. The van der Waals surface area contributed by atoms with E-state index in [-0.39, 0.29) is 11.5 Å². The van der Waals surface area contributed by atoms with Crippen molar-refractivity contribution in [3.05, 3.63) is 28.8 Å². The summed E-state index contributed by atoms with van der Waals surface area (Å²) >= 11 is 6.02. The number of ether oxygens (including phenoxy) is 1. The van der Waals surface area contributed by atoms with Crippen LogP contribution < -0.4 is 10.5 Å². The van der Waals surface area contributed by atoms with E-state index in [2.05, 4.69) is 6.07 Å². The molecule has 0 aliphatic rings. The average Bonchev–Trinajstić information content (AvgIpc) is 2.40. The number of unbranched alkanes of at least 4 members (excludes halogenated alkanes) is 1. The summed E-state index contributed by atoms with van der Waals surface area (Å²) in [7, 11) is 0. The lowest BCUT2D eigenvalue weighted by molar-refractivity contribution is 0.292. The van der Waals surface area contributed by atoms with Crippen molar-refractivity contribution < 1.29 is 4.74 Å². The summed E-state index contributed by atoms with van der Waals surface area (Å²) in [5.74, 6) is 0.858. The van der Waals surface area contributed by atoms with Crippen LogP contribution in [0.25, 0.3) is 0 Å². The number of benzene rings is 1. The van der Waals surface area contributed by atoms with Crippen LogP contribution in [0.2, 0.25) is 5.02 Å². The highest BCUT2D eigenvalue weighted by molar-refractivity contribution is 6.30. The second kappa shape index (κ2) is 8.26. The van der Waals surface area contributed by atoms with E-state index in [4.69, 9.17) is 27.3 Å². The zero-order valence-corrected chi connectivity index (χ0v) is 13.9. The fraction of sp³-hybridized carbons (Fsp3) is 0.588. The predicted molar refractivity (Wildman–Crippen MR) is 87.5 cm³/mol. The summed E-state index contributed by atoms with van der Waals surface area (Å²) in [6.45, 7) is 6.55. The van der Waals surface area contributed by atoms with Gasteiger partial charge in [-0.2, -0.15) is 5.26 Å². The van der Waals surface area contributed by atoms with E-state index in [1.807, 2.05) is 39.0 Å². The Morgan fingerprint density at radius 2 is 2.10 bits per heavy atom. The summed E-state index contributed by atoms with van der Waals surface area (Å²) in [6.07, 6.45) is 3.56. The Bertz CT molecular complexity index is 492. The van der Waals surface area contributed by atoms with E-state index in [0.717, 1.165) is 37.0 Å². The topological polar surface area (TPSA) is 59.0 Å². The Balaban J connectivity index is 2.47. The maximum absolute atomic E-state index is 8.97. The maximum Gasteiger partial charge on any atom is 0.122 e. The minimum Gasteiger partial charge on any atom is -0.493 e. The van der Waals surface area contributed by atoms with Crippen LogP contribution in [0.5, 0.6) is 5.75 Å². The zero-order chi connectivity index (χ0) is 15.9. The van der Waals surface area contributed by atoms with Crippen molar-refractivity contribution in [1.29, 1.82) is 5.26 Å². The Labute approximate surface area is 133 Å². The van der Waals surface area contributed by atoms with Gasteiger partial charge in [0.15, 0.2) is 0 Å². The predicted octanol–water partition coefficient (Wildman–Crippen LogP) is 4.33. The third-order valence-corrected chi connectivity index (χ3v) is 3.56. The van der Waals surface area contributed by atoms with Crippen molar-refractivity contribution in [1.82, 2.24) is 0 Å². The summed E-state index contributed by atoms with van der Waals surface area (Å²) < 4.78 is 5.84. The van der Waals surface area contributed by atoms with Gasteiger partial charge in [0, 0.05) is 11.1 Å². The summed E-state index contributed by atoms with van der Waals surface area (Å²) in [5, 5.41) is 9.67. The van der Waals surface area contributed by atoms with Gasteiger partial charge in [-0.3, -0.25) is 0 Å². The molecule has 0 heterocycles. The van der Waals surface area contributed by atoms with E-state index in [1.165, 1.54) is 0 Å². The number of hydrogen-bond acceptors (Lipinski definition) is 3. The SMILES string of the molecule is CC(N)Cc1cc(Cl)ccc1OCCCCC(C)(C)C#N. The number of halogens is 1. The van der Waals surface area contributed by atoms with Gasteiger partial charge in [-0.15, -0.1) is 0 Å². The first-order chi connectivity index (χ1) is 9.84. The Morgan fingerprint density at radius 1 is 1.38 bits per heavy atom. The monoisotopic (exact) mass is 308 g/mol. The normalized spacial score (nSPS) is 12.8. The van der Waals surface area contributed by atoms with Gasteiger partial charge >= 0.3 is 0 Å². The molecule has 0 saturated carbocycles. The second-order valence-electron chi connectivity index (χ2n) is 6.23. The molecule has 0 amide bonds. The minimum absolute atomic E-state index is 0.0715. The van der Waals surface area contributed by atoms with Gasteiger partial charge in [0.1, 0.15) is 5.75 Å². The van der Waals surface area contributed by atoms with Gasteiger partial charge in [0.2, 0.25) is 0 Å². The molecule has 2 N–H and O–H groups in total. The van der Waals surface area contributed by atoms with Crippen LogP contribution in [0.1, 0.15) is 45.6 Å². The zero-order valence-electron chi connectivity index (χ0n) is 13.2. The van der Waals surface area contributed by atoms with Gasteiger partial charge in [0.25, 0.3) is 0 Å². The van der Waals surface area contributed by atoms with Gasteiger partial charge in [-0.1, -0.05) is 11.6 Å². The maximum atomic E-state index is 8.97. The lowest BCUT2D eigenvalue weighted by Crippen LogP contribution is -2.18. The fourth-order valence-electron chi connectivity index (χ4n) is 2.10. The Kier molecular flexibility index (Phi) is 7.01. The van der Waals surface area contributed by atoms with Crippen molar-refractivity contribution in [2.75, 3.05) is 6.61 Å². The van der Waals surface area contributed by atoms with Crippen molar-refractivity contribution in [3.63, 3.8) is 0 Å². The van der Waals surface area contributed by atoms with E-state index in [0.29, 0.717) is 11.6 Å². The van der Waals surface area contributed by atoms with Gasteiger partial charge in [0.05, 0.1) is 18.1 Å². The van der Waals surface area contributed by atoms with Crippen LogP contribution in [-0.4, -0.2) is 12.6 Å². The average molecular weight is 309 g/mol. The molecule has 0 aromatic heterocycles. The molecule has 0 saturated heterocycles. The number of rotatable bonds is 8. The van der Waals surface area contributed by atoms with Gasteiger partial charge < -0.3 is 10.5 Å². The van der Waals surface area contributed by atoms with Gasteiger partial charge in [-0.25, -0.2) is 0 Å². The molecule has 21 heavy (non-hydrogen) atoms. The quantitative estimate of drug-likeness (QED) is 0.727. The molecule has 116 valence electrons. The number of nitrogens with zero attached hydrogens (tertiary/aromatic N) is 1. The first-order valence-corrected chi connectivity index (χ1v) is 7.80. The molecule has 1 aromatic carbocycles. The molecule has 4 heteroatoms. The third-order valence-electron chi connectivity index (χ3n) is 3.32. The minimum atomic E-state index is -0.250. The van der Waals surface area contributed by atoms with Crippen molar-refractivity contribution >= 4 is 11.6 Å². The number of hydrogen-bond donors (Lipinski definition) is 1. The third kappa shape index (κ3) is 6.84. The first kappa shape index (κ1) is 17.8. The molecule has 3 nitrogen and oxygen atoms in total. The molecule has 0 aliphatic carbocycles. The molecule has 0 spiro atoms. The van der Waals surface area contributed by atoms with Crippen LogP contribution >= 0.6 is 11.6 Å². The van der Waals surface area contributed by atoms with Gasteiger partial charge in [-0.05, 0) is 70.2 Å². The standard InChI is InChI=1S/C17H25ClN2O/c1-13(20)10-14-11-15(18)6-7-16(14)21-9-5-4-8-17(2,3)12-19/h6-7,11,13H,4-5,8-10,20H2,1-3H3. The summed E-state index contributed by atoms with van der Waals surface area (Å²) in [4.78, 5) is 0. The molecular weight excluding hydrogens is 284 g/mol. The second-order valence-corrected chi connectivity index (χ2v) is 6.67. The summed E-state index contributed by atoms with van der Waals surface area (Å²) in [5.41, 5.74) is 6.65. The molecule has 1 atom stereocenters. The molecule has 0 radical (unpaired) electrons. The molecule has 0 aliphatic heterocycles. The lowest BCUT2D eigenvalue weighted by Gasteiger charge is -2.16. The van der Waals surface area contributed by atoms with E-state index < -0.39 is 0 Å². The highest BCUT2D eigenvalue weighted by Gasteiger charge is 2.15. The van der Waals surface area contributed by atoms with Crippen LogP contribution in [0.3, 0.4) is 0 Å². The van der Waals surface area contributed by atoms with E-state index in [9.17, 15) is 0 Å². The molecule has 1 rings (SSSR count). The fourth-order valence-corrected chi connectivity index (χ4v) is 2.30. The highest BCUT2D eigenvalue weighted by atomic mass is 35.5. The Morgan fingerprint density at radius 3 is 2.71 bits per heavy atom. The molecule has 0 fully saturated rings. The highest BCUT2D eigenvalue weighted by Crippen LogP contribution is 2.25. The van der Waals surface area contributed by atoms with Crippen LogP contribution in [0.15, 0.2) is 18.2 Å². The van der Waals surface area contributed by atoms with Crippen molar-refractivity contribution in [3.8, 4) is 11.8 Å². The van der Waals surface area contributed by atoms with Crippen LogP contribution in [0, 0.1) is 16.7 Å². The first-order valence-electron chi connectivity index (χ1n) is 7.42. The van der Waals surface area contributed by atoms with E-state index >= 15 is 0 Å². The molecule has 1 unspecified atom stereocenters. The van der Waals surface area contributed by atoms with Crippen LogP contribution in [0.4, 0.5) is 0 Å². The number of nitrogens with two attached hydrogens (primary N) is 1. The van der Waals surface area contributed by atoms with E-state index in [1.54, 1.807) is 0 Å². The number of nitriles is 1. The smallest absolute Gasteiger partial charge is 0.122 e. The molecule has 1 aromatic rings. The molecule has 0 bridgehead atoms. The van der Waals surface area contributed by atoms with Crippen molar-refractivity contribution in [2.45, 2.75) is 52.5 Å². The summed E-state index contributed by atoms with van der Waals surface area (Å²) in [6, 6.07) is 8.04. The Hall–Kier alpha value is -1.24.